The summed E-state index contributed by atoms with van der Waals surface area (Å²) in [6.07, 6.45) is -0.0895. The highest BCUT2D eigenvalue weighted by Crippen LogP contribution is 2.21. The first-order valence-corrected chi connectivity index (χ1v) is 12.2. The summed E-state index contributed by atoms with van der Waals surface area (Å²) < 4.78 is 11.6. The van der Waals surface area contributed by atoms with Crippen LogP contribution in [0.4, 0.5) is 0 Å². The van der Waals surface area contributed by atoms with Gasteiger partial charge in [-0.25, -0.2) is 0 Å². The molecule has 0 aliphatic rings. The molecule has 8 heteroatoms. The Balaban J connectivity index is 1.25. The Morgan fingerprint density at radius 2 is 1.54 bits per heavy atom. The monoisotopic (exact) mass is 513 g/mol. The van der Waals surface area contributed by atoms with E-state index >= 15 is 0 Å². The molecule has 3 N–H and O–H groups in total. The third-order valence-corrected chi connectivity index (χ3v) is 5.76. The van der Waals surface area contributed by atoms with Crippen LogP contribution in [0.15, 0.2) is 97.1 Å². The summed E-state index contributed by atoms with van der Waals surface area (Å²) in [5.41, 5.74) is 6.48. The lowest BCUT2D eigenvalue weighted by Gasteiger charge is -2.17. The van der Waals surface area contributed by atoms with Crippen molar-refractivity contribution in [2.75, 3.05) is 6.61 Å². The minimum atomic E-state index is -0.800. The van der Waals surface area contributed by atoms with Gasteiger partial charge in [0.2, 0.25) is 0 Å². The number of carbonyl (C=O) groups excluding carboxylic acids is 2. The van der Waals surface area contributed by atoms with Crippen LogP contribution in [0, 0.1) is 0 Å². The Bertz CT molecular complexity index is 1390. The number of thiocarbonyl (C=S) groups is 1. The molecular formula is C29H27N3O4S. The highest BCUT2D eigenvalue weighted by atomic mass is 32.1. The number of para-hydroxylation sites is 1. The molecule has 0 heterocycles. The molecule has 2 amide bonds. The second kappa shape index (κ2) is 12.5. The minimum absolute atomic E-state index is 0.0599. The molecule has 0 aromatic heterocycles. The van der Waals surface area contributed by atoms with Crippen molar-refractivity contribution in [1.82, 2.24) is 16.2 Å². The third kappa shape index (κ3) is 7.28. The van der Waals surface area contributed by atoms with E-state index < -0.39 is 17.9 Å². The normalized spacial score (nSPS) is 11.3. The zero-order valence-electron chi connectivity index (χ0n) is 20.3. The molecule has 0 aliphatic carbocycles. The van der Waals surface area contributed by atoms with E-state index in [1.807, 2.05) is 72.8 Å². The van der Waals surface area contributed by atoms with E-state index in [1.165, 1.54) is 0 Å². The lowest BCUT2D eigenvalue weighted by molar-refractivity contribution is -0.127. The van der Waals surface area contributed by atoms with Crippen molar-refractivity contribution < 1.29 is 19.1 Å². The number of ether oxygens (including phenoxy) is 2. The maximum Gasteiger partial charge on any atom is 0.279 e. The van der Waals surface area contributed by atoms with Crippen molar-refractivity contribution in [3.8, 4) is 11.5 Å². The molecule has 0 radical (unpaired) electrons. The molecule has 0 aliphatic heterocycles. The molecular weight excluding hydrogens is 486 g/mol. The molecule has 4 aromatic rings. The smallest absolute Gasteiger partial charge is 0.279 e. The molecule has 0 spiro atoms. The van der Waals surface area contributed by atoms with Crippen molar-refractivity contribution in [1.29, 1.82) is 0 Å². The van der Waals surface area contributed by atoms with Crippen molar-refractivity contribution in [3.05, 3.63) is 108 Å². The molecule has 7 nitrogen and oxygen atoms in total. The fraction of sp³-hybridized carbons (Fsp3) is 0.138. The predicted octanol–water partition coefficient (Wildman–Crippen LogP) is 4.56. The number of hydrazine groups is 1. The van der Waals surface area contributed by atoms with E-state index in [4.69, 9.17) is 21.7 Å². The van der Waals surface area contributed by atoms with Gasteiger partial charge in [-0.05, 0) is 59.7 Å². The highest BCUT2D eigenvalue weighted by molar-refractivity contribution is 7.80. The van der Waals surface area contributed by atoms with E-state index in [-0.39, 0.29) is 5.11 Å². The van der Waals surface area contributed by atoms with Gasteiger partial charge in [0.1, 0.15) is 11.5 Å². The summed E-state index contributed by atoms with van der Waals surface area (Å²) >= 11 is 5.17. The van der Waals surface area contributed by atoms with Crippen molar-refractivity contribution in [2.45, 2.75) is 19.4 Å². The van der Waals surface area contributed by atoms with E-state index in [1.54, 1.807) is 31.2 Å². The van der Waals surface area contributed by atoms with E-state index in [9.17, 15) is 9.59 Å². The third-order valence-electron chi connectivity index (χ3n) is 5.55. The SMILES string of the molecule is CC(Oc1ccc2ccccc2c1)C(=O)NNC(=S)NC(=O)c1ccccc1OCCc1ccccc1. The van der Waals surface area contributed by atoms with E-state index in [0.717, 1.165) is 16.3 Å². The van der Waals surface area contributed by atoms with Gasteiger partial charge in [-0.15, -0.1) is 0 Å². The Labute approximate surface area is 220 Å². The van der Waals surface area contributed by atoms with Crippen LogP contribution < -0.4 is 25.6 Å². The Morgan fingerprint density at radius 1 is 0.838 bits per heavy atom. The number of fused-ring (bicyclic) bond motifs is 1. The van der Waals surface area contributed by atoms with Gasteiger partial charge in [-0.3, -0.25) is 25.8 Å². The summed E-state index contributed by atoms with van der Waals surface area (Å²) in [5.74, 6) is 0.109. The summed E-state index contributed by atoms with van der Waals surface area (Å²) in [5, 5.41) is 4.59. The van der Waals surface area contributed by atoms with Crippen LogP contribution in [0.25, 0.3) is 10.8 Å². The second-order valence-corrected chi connectivity index (χ2v) is 8.66. The van der Waals surface area contributed by atoms with Crippen LogP contribution in [0.2, 0.25) is 0 Å². The lowest BCUT2D eigenvalue weighted by atomic mass is 10.1. The Hall–Kier alpha value is -4.43. The zero-order valence-corrected chi connectivity index (χ0v) is 21.1. The lowest BCUT2D eigenvalue weighted by Crippen LogP contribution is -2.51. The van der Waals surface area contributed by atoms with Gasteiger partial charge in [0.05, 0.1) is 12.2 Å². The van der Waals surface area contributed by atoms with Crippen LogP contribution in [0.5, 0.6) is 11.5 Å². The molecule has 188 valence electrons. The topological polar surface area (TPSA) is 88.7 Å². The van der Waals surface area contributed by atoms with Crippen LogP contribution in [0.3, 0.4) is 0 Å². The molecule has 0 saturated heterocycles. The number of carbonyl (C=O) groups is 2. The molecule has 4 rings (SSSR count). The second-order valence-electron chi connectivity index (χ2n) is 8.25. The van der Waals surface area contributed by atoms with E-state index in [2.05, 4.69) is 16.2 Å². The number of nitrogens with one attached hydrogen (secondary N) is 3. The Kier molecular flexibility index (Phi) is 8.67. The number of hydrogen-bond acceptors (Lipinski definition) is 5. The summed E-state index contributed by atoms with van der Waals surface area (Å²) in [6, 6.07) is 30.3. The van der Waals surface area contributed by atoms with Crippen molar-refractivity contribution in [2.24, 2.45) is 0 Å². The predicted molar refractivity (Wildman–Crippen MR) is 147 cm³/mol. The fourth-order valence-electron chi connectivity index (χ4n) is 3.62. The van der Waals surface area contributed by atoms with Gasteiger partial charge in [0.25, 0.3) is 11.8 Å². The van der Waals surface area contributed by atoms with E-state index in [0.29, 0.717) is 30.1 Å². The molecule has 37 heavy (non-hydrogen) atoms. The summed E-state index contributed by atoms with van der Waals surface area (Å²) in [4.78, 5) is 25.2. The van der Waals surface area contributed by atoms with Crippen molar-refractivity contribution in [3.63, 3.8) is 0 Å². The molecule has 4 aromatic carbocycles. The van der Waals surface area contributed by atoms with Gasteiger partial charge in [-0.1, -0.05) is 72.8 Å². The van der Waals surface area contributed by atoms with Gasteiger partial charge >= 0.3 is 0 Å². The molecule has 0 saturated carbocycles. The first kappa shape index (κ1) is 25.7. The standard InChI is InChI=1S/C29H27N3O4S/c1-20(36-24-16-15-22-11-5-6-12-23(22)19-24)27(33)31-32-29(37)30-28(34)25-13-7-8-14-26(25)35-18-17-21-9-3-2-4-10-21/h2-16,19-20H,17-18H2,1H3,(H,31,33)(H2,30,32,34,37). The zero-order chi connectivity index (χ0) is 26.0. The van der Waals surface area contributed by atoms with Crippen LogP contribution in [-0.4, -0.2) is 29.6 Å². The maximum absolute atomic E-state index is 12.8. The van der Waals surface area contributed by atoms with Gasteiger partial charge < -0.3 is 9.47 Å². The maximum atomic E-state index is 12.8. The molecule has 0 fully saturated rings. The quantitative estimate of drug-likeness (QED) is 0.236. The largest absolute Gasteiger partial charge is 0.492 e. The first-order valence-electron chi connectivity index (χ1n) is 11.8. The number of benzene rings is 4. The molecule has 1 atom stereocenters. The Morgan fingerprint density at radius 3 is 2.35 bits per heavy atom. The average molecular weight is 514 g/mol. The van der Waals surface area contributed by atoms with Gasteiger partial charge in [0, 0.05) is 6.42 Å². The molecule has 0 bridgehead atoms. The van der Waals surface area contributed by atoms with Crippen LogP contribution in [-0.2, 0) is 11.2 Å². The highest BCUT2D eigenvalue weighted by Gasteiger charge is 2.17. The first-order chi connectivity index (χ1) is 18.0. The average Bonchev–Trinajstić information content (AvgIpc) is 2.92. The summed E-state index contributed by atoms with van der Waals surface area (Å²) in [6.45, 7) is 2.04. The van der Waals surface area contributed by atoms with Gasteiger partial charge in [0.15, 0.2) is 11.2 Å². The van der Waals surface area contributed by atoms with Crippen LogP contribution in [0.1, 0.15) is 22.8 Å². The number of hydrogen-bond donors (Lipinski definition) is 3. The summed E-state index contributed by atoms with van der Waals surface area (Å²) in [7, 11) is 0. The van der Waals surface area contributed by atoms with Gasteiger partial charge in [-0.2, -0.15) is 0 Å². The number of rotatable bonds is 8. The molecule has 1 unspecified atom stereocenters. The minimum Gasteiger partial charge on any atom is -0.492 e. The number of amides is 2. The van der Waals surface area contributed by atoms with Crippen molar-refractivity contribution >= 4 is 39.9 Å². The fourth-order valence-corrected chi connectivity index (χ4v) is 3.77. The van der Waals surface area contributed by atoms with Crippen LogP contribution >= 0.6 is 12.2 Å².